The zero-order chi connectivity index (χ0) is 7.11. The van der Waals surface area contributed by atoms with Crippen molar-refractivity contribution in [1.29, 1.82) is 0 Å². The molecule has 0 aliphatic rings. The van der Waals surface area contributed by atoms with Crippen molar-refractivity contribution in [3.8, 4) is 0 Å². The number of allylic oxidation sites excluding steroid dienone is 1. The van der Waals surface area contributed by atoms with E-state index in [-0.39, 0.29) is 0 Å². The highest BCUT2D eigenvalue weighted by atomic mass is 14.8. The average Bonchev–Trinajstić information content (AvgIpc) is 1.80. The Morgan fingerprint density at radius 1 is 1.44 bits per heavy atom. The van der Waals surface area contributed by atoms with Crippen molar-refractivity contribution in [3.05, 3.63) is 11.6 Å². The summed E-state index contributed by atoms with van der Waals surface area (Å²) in [7, 11) is 0. The second-order valence-corrected chi connectivity index (χ2v) is 2.42. The van der Waals surface area contributed by atoms with E-state index in [1.165, 1.54) is 5.57 Å². The largest absolute Gasteiger partial charge is 0.317 e. The Morgan fingerprint density at radius 3 is 2.56 bits per heavy atom. The van der Waals surface area contributed by atoms with Gasteiger partial charge in [0.2, 0.25) is 0 Å². The summed E-state index contributed by atoms with van der Waals surface area (Å²) < 4.78 is 0. The molecule has 1 heteroatoms. The first kappa shape index (κ1) is 8.70. The number of nitrogens with one attached hydrogen (secondary N) is 1. The summed E-state index contributed by atoms with van der Waals surface area (Å²) in [5.41, 5.74) is 1.41. The van der Waals surface area contributed by atoms with E-state index in [2.05, 4.69) is 32.2 Å². The minimum Gasteiger partial charge on any atom is -0.317 e. The molecule has 0 aliphatic carbocycles. The fourth-order valence-electron chi connectivity index (χ4n) is 0.640. The summed E-state index contributed by atoms with van der Waals surface area (Å²) >= 11 is 0. The Labute approximate surface area is 58.2 Å². The predicted octanol–water partition coefficient (Wildman–Crippen LogP) is 1.95. The number of hydrogen-bond donors (Lipinski definition) is 1. The van der Waals surface area contributed by atoms with Crippen molar-refractivity contribution in [2.24, 2.45) is 0 Å². The summed E-state index contributed by atoms with van der Waals surface area (Å²) in [6.45, 7) is 8.58. The lowest BCUT2D eigenvalue weighted by atomic mass is 10.3. The first-order chi connectivity index (χ1) is 4.27. The standard InChI is InChI=1S/C8H17N/c1-4-9-7-5-6-8(2)3/h6,9H,4-5,7H2,1-3H3. The third kappa shape index (κ3) is 7.70. The predicted molar refractivity (Wildman–Crippen MR) is 42.6 cm³/mol. The summed E-state index contributed by atoms with van der Waals surface area (Å²) in [5.74, 6) is 0. The first-order valence-corrected chi connectivity index (χ1v) is 3.61. The van der Waals surface area contributed by atoms with Gasteiger partial charge in [-0.3, -0.25) is 0 Å². The second kappa shape index (κ2) is 5.83. The van der Waals surface area contributed by atoms with Gasteiger partial charge in [-0.2, -0.15) is 0 Å². The van der Waals surface area contributed by atoms with Crippen LogP contribution in [0.15, 0.2) is 11.6 Å². The summed E-state index contributed by atoms with van der Waals surface area (Å²) in [4.78, 5) is 0. The normalized spacial score (nSPS) is 9.22. The molecule has 0 radical (unpaired) electrons. The van der Waals surface area contributed by atoms with Gasteiger partial charge < -0.3 is 5.32 Å². The van der Waals surface area contributed by atoms with E-state index in [4.69, 9.17) is 0 Å². The van der Waals surface area contributed by atoms with Gasteiger partial charge in [0.05, 0.1) is 0 Å². The Hall–Kier alpha value is -0.300. The Balaban J connectivity index is 3.00. The van der Waals surface area contributed by atoms with Crippen LogP contribution in [0, 0.1) is 0 Å². The lowest BCUT2D eigenvalue weighted by Gasteiger charge is -1.95. The number of hydrogen-bond acceptors (Lipinski definition) is 1. The van der Waals surface area contributed by atoms with Gasteiger partial charge in [0.15, 0.2) is 0 Å². The SMILES string of the molecule is CCNCCC=C(C)C. The third-order valence-electron chi connectivity index (χ3n) is 1.12. The van der Waals surface area contributed by atoms with Crippen molar-refractivity contribution in [1.82, 2.24) is 5.32 Å². The van der Waals surface area contributed by atoms with Gasteiger partial charge in [0.25, 0.3) is 0 Å². The van der Waals surface area contributed by atoms with Crippen LogP contribution in [-0.4, -0.2) is 13.1 Å². The Bertz CT molecular complexity index is 80.6. The van der Waals surface area contributed by atoms with Crippen molar-refractivity contribution in [3.63, 3.8) is 0 Å². The molecular weight excluding hydrogens is 110 g/mol. The second-order valence-electron chi connectivity index (χ2n) is 2.42. The molecule has 1 nitrogen and oxygen atoms in total. The third-order valence-corrected chi connectivity index (χ3v) is 1.12. The van der Waals surface area contributed by atoms with Crippen LogP contribution in [0.5, 0.6) is 0 Å². The maximum atomic E-state index is 3.26. The zero-order valence-corrected chi connectivity index (χ0v) is 6.70. The van der Waals surface area contributed by atoms with E-state index in [9.17, 15) is 0 Å². The molecule has 0 saturated heterocycles. The van der Waals surface area contributed by atoms with Crippen LogP contribution < -0.4 is 5.32 Å². The maximum Gasteiger partial charge on any atom is -0.00143 e. The smallest absolute Gasteiger partial charge is 0.00143 e. The molecule has 0 fully saturated rings. The molecule has 0 rings (SSSR count). The molecule has 54 valence electrons. The van der Waals surface area contributed by atoms with E-state index in [0.29, 0.717) is 0 Å². The summed E-state index contributed by atoms with van der Waals surface area (Å²) in [5, 5.41) is 3.26. The van der Waals surface area contributed by atoms with Crippen LogP contribution >= 0.6 is 0 Å². The molecular formula is C8H17N. The van der Waals surface area contributed by atoms with Crippen molar-refractivity contribution < 1.29 is 0 Å². The maximum absolute atomic E-state index is 3.26. The monoisotopic (exact) mass is 127 g/mol. The molecule has 0 amide bonds. The molecule has 0 unspecified atom stereocenters. The molecule has 0 saturated carbocycles. The van der Waals surface area contributed by atoms with Crippen molar-refractivity contribution in [2.75, 3.05) is 13.1 Å². The van der Waals surface area contributed by atoms with Crippen LogP contribution in [0.3, 0.4) is 0 Å². The highest BCUT2D eigenvalue weighted by Gasteiger charge is 1.79. The van der Waals surface area contributed by atoms with Gasteiger partial charge in [-0.25, -0.2) is 0 Å². The van der Waals surface area contributed by atoms with E-state index in [1.807, 2.05) is 0 Å². The van der Waals surface area contributed by atoms with Crippen LogP contribution in [0.25, 0.3) is 0 Å². The molecule has 0 aromatic heterocycles. The van der Waals surface area contributed by atoms with Gasteiger partial charge in [0, 0.05) is 0 Å². The summed E-state index contributed by atoms with van der Waals surface area (Å²) in [6, 6.07) is 0. The molecule has 1 N–H and O–H groups in total. The highest BCUT2D eigenvalue weighted by Crippen LogP contribution is 1.90. The van der Waals surface area contributed by atoms with Gasteiger partial charge in [-0.05, 0) is 33.4 Å². The molecule has 0 aliphatic heterocycles. The van der Waals surface area contributed by atoms with Gasteiger partial charge in [0.1, 0.15) is 0 Å². The van der Waals surface area contributed by atoms with Crippen LogP contribution in [0.2, 0.25) is 0 Å². The minimum atomic E-state index is 1.08. The van der Waals surface area contributed by atoms with Crippen LogP contribution in [0.1, 0.15) is 27.2 Å². The highest BCUT2D eigenvalue weighted by molar-refractivity contribution is 4.92. The topological polar surface area (TPSA) is 12.0 Å². The summed E-state index contributed by atoms with van der Waals surface area (Å²) in [6.07, 6.45) is 3.42. The molecule has 9 heavy (non-hydrogen) atoms. The molecule has 0 bridgehead atoms. The Morgan fingerprint density at radius 2 is 2.11 bits per heavy atom. The molecule has 0 heterocycles. The van der Waals surface area contributed by atoms with Crippen LogP contribution in [-0.2, 0) is 0 Å². The number of rotatable bonds is 4. The van der Waals surface area contributed by atoms with Crippen LogP contribution in [0.4, 0.5) is 0 Å². The lowest BCUT2D eigenvalue weighted by Crippen LogP contribution is -2.12. The molecule has 0 aromatic rings. The van der Waals surface area contributed by atoms with E-state index >= 15 is 0 Å². The van der Waals surface area contributed by atoms with E-state index < -0.39 is 0 Å². The van der Waals surface area contributed by atoms with Gasteiger partial charge in [-0.1, -0.05) is 18.6 Å². The van der Waals surface area contributed by atoms with Crippen molar-refractivity contribution in [2.45, 2.75) is 27.2 Å². The van der Waals surface area contributed by atoms with E-state index in [0.717, 1.165) is 19.5 Å². The Kier molecular flexibility index (Phi) is 5.64. The van der Waals surface area contributed by atoms with Crippen molar-refractivity contribution >= 4 is 0 Å². The zero-order valence-electron chi connectivity index (χ0n) is 6.70. The fraction of sp³-hybridized carbons (Fsp3) is 0.750. The molecule has 0 atom stereocenters. The van der Waals surface area contributed by atoms with E-state index in [1.54, 1.807) is 0 Å². The molecule has 0 spiro atoms. The van der Waals surface area contributed by atoms with Gasteiger partial charge >= 0.3 is 0 Å². The minimum absolute atomic E-state index is 1.08. The first-order valence-electron chi connectivity index (χ1n) is 3.61. The lowest BCUT2D eigenvalue weighted by molar-refractivity contribution is 0.725. The average molecular weight is 127 g/mol. The quantitative estimate of drug-likeness (QED) is 0.449. The van der Waals surface area contributed by atoms with Gasteiger partial charge in [-0.15, -0.1) is 0 Å². The molecule has 0 aromatic carbocycles. The fourth-order valence-corrected chi connectivity index (χ4v) is 0.640.